The van der Waals surface area contributed by atoms with Crippen molar-refractivity contribution in [1.29, 1.82) is 0 Å². The monoisotopic (exact) mass is 460 g/mol. The van der Waals surface area contributed by atoms with Crippen molar-refractivity contribution in [3.8, 4) is 5.75 Å². The summed E-state index contributed by atoms with van der Waals surface area (Å²) in [5.74, 6) is -1.79. The van der Waals surface area contributed by atoms with Crippen molar-refractivity contribution in [2.24, 2.45) is 0 Å². The van der Waals surface area contributed by atoms with Gasteiger partial charge >= 0.3 is 5.97 Å². The average Bonchev–Trinajstić information content (AvgIpc) is 2.86. The van der Waals surface area contributed by atoms with E-state index in [1.165, 1.54) is 19.2 Å². The van der Waals surface area contributed by atoms with E-state index in [9.17, 15) is 19.2 Å². The molecule has 3 aromatic carbocycles. The number of hydrogen-bond acceptors (Lipinski definition) is 6. The van der Waals surface area contributed by atoms with Crippen molar-refractivity contribution in [3.63, 3.8) is 0 Å². The van der Waals surface area contributed by atoms with Gasteiger partial charge in [0.25, 0.3) is 5.91 Å². The van der Waals surface area contributed by atoms with Crippen LogP contribution in [0.25, 0.3) is 0 Å². The van der Waals surface area contributed by atoms with Crippen LogP contribution in [0.15, 0.2) is 72.8 Å². The van der Waals surface area contributed by atoms with Crippen LogP contribution < -0.4 is 15.4 Å². The Hall–Kier alpha value is -4.46. The Morgan fingerprint density at radius 1 is 0.824 bits per heavy atom. The maximum Gasteiger partial charge on any atom is 0.339 e. The topological polar surface area (TPSA) is 111 Å². The number of anilines is 1. The number of rotatable bonds is 9. The fourth-order valence-electron chi connectivity index (χ4n) is 3.16. The van der Waals surface area contributed by atoms with Crippen LogP contribution in [0, 0.1) is 6.92 Å². The van der Waals surface area contributed by atoms with Gasteiger partial charge in [-0.05, 0) is 30.7 Å². The molecule has 8 nitrogen and oxygen atoms in total. The fourth-order valence-corrected chi connectivity index (χ4v) is 3.16. The highest BCUT2D eigenvalue weighted by Crippen LogP contribution is 2.25. The molecule has 174 valence electrons. The molecule has 0 aliphatic carbocycles. The maximum atomic E-state index is 12.8. The zero-order valence-corrected chi connectivity index (χ0v) is 18.8. The van der Waals surface area contributed by atoms with Gasteiger partial charge in [-0.15, -0.1) is 0 Å². The zero-order valence-electron chi connectivity index (χ0n) is 18.8. The van der Waals surface area contributed by atoms with Gasteiger partial charge in [-0.3, -0.25) is 14.4 Å². The third-order valence-corrected chi connectivity index (χ3v) is 4.84. The van der Waals surface area contributed by atoms with E-state index >= 15 is 0 Å². The van der Waals surface area contributed by atoms with Crippen LogP contribution in [0.5, 0.6) is 5.75 Å². The summed E-state index contributed by atoms with van der Waals surface area (Å²) in [7, 11) is 1.49. The molecule has 0 spiro atoms. The van der Waals surface area contributed by atoms with E-state index < -0.39 is 24.4 Å². The summed E-state index contributed by atoms with van der Waals surface area (Å²) in [5.41, 5.74) is 2.06. The lowest BCUT2D eigenvalue weighted by Gasteiger charge is -2.12. The standard InChI is InChI=1S/C26H24N2O6/c1-17-12-13-22(33-2)21(14-17)28-23(29)15-27-24(30)16-34-26(32)20-11-7-6-10-19(20)25(31)18-8-4-3-5-9-18/h3-14H,15-16H2,1-2H3,(H,27,30)(H,28,29). The number of esters is 1. The molecule has 3 rings (SSSR count). The summed E-state index contributed by atoms with van der Waals surface area (Å²) in [6.45, 7) is 0.946. The highest BCUT2D eigenvalue weighted by atomic mass is 16.5. The third kappa shape index (κ3) is 6.29. The lowest BCUT2D eigenvalue weighted by Crippen LogP contribution is -2.35. The Bertz CT molecular complexity index is 1210. The molecule has 2 N–H and O–H groups in total. The van der Waals surface area contributed by atoms with E-state index in [1.54, 1.807) is 54.6 Å². The van der Waals surface area contributed by atoms with E-state index in [-0.39, 0.29) is 23.5 Å². The second-order valence-corrected chi connectivity index (χ2v) is 7.35. The normalized spacial score (nSPS) is 10.2. The zero-order chi connectivity index (χ0) is 24.5. The molecule has 0 aliphatic heterocycles. The molecule has 0 aliphatic rings. The molecule has 0 aromatic heterocycles. The highest BCUT2D eigenvalue weighted by molar-refractivity contribution is 6.14. The summed E-state index contributed by atoms with van der Waals surface area (Å²) >= 11 is 0. The Kier molecular flexibility index (Phi) is 8.12. The minimum atomic E-state index is -0.816. The first-order valence-electron chi connectivity index (χ1n) is 10.5. The van der Waals surface area contributed by atoms with Gasteiger partial charge in [0.05, 0.1) is 24.9 Å². The van der Waals surface area contributed by atoms with E-state index in [1.807, 2.05) is 13.0 Å². The quantitative estimate of drug-likeness (QED) is 0.375. The van der Waals surface area contributed by atoms with Gasteiger partial charge in [0, 0.05) is 11.1 Å². The smallest absolute Gasteiger partial charge is 0.339 e. The van der Waals surface area contributed by atoms with Crippen LogP contribution in [0.4, 0.5) is 5.69 Å². The number of hydrogen-bond donors (Lipinski definition) is 2. The summed E-state index contributed by atoms with van der Waals surface area (Å²) in [5, 5.41) is 5.05. The predicted octanol–water partition coefficient (Wildman–Crippen LogP) is 3.15. The summed E-state index contributed by atoms with van der Waals surface area (Å²) in [4.78, 5) is 49.6. The molecule has 34 heavy (non-hydrogen) atoms. The van der Waals surface area contributed by atoms with E-state index in [0.29, 0.717) is 17.0 Å². The molecule has 0 bridgehead atoms. The molecule has 0 unspecified atom stereocenters. The Balaban J connectivity index is 1.54. The summed E-state index contributed by atoms with van der Waals surface area (Å²) in [6, 6.07) is 20.1. The van der Waals surface area contributed by atoms with E-state index in [4.69, 9.17) is 9.47 Å². The summed E-state index contributed by atoms with van der Waals surface area (Å²) < 4.78 is 10.3. The van der Waals surface area contributed by atoms with E-state index in [2.05, 4.69) is 10.6 Å². The van der Waals surface area contributed by atoms with Crippen molar-refractivity contribution in [3.05, 3.63) is 95.1 Å². The molecular weight excluding hydrogens is 436 g/mol. The van der Waals surface area contributed by atoms with Crippen molar-refractivity contribution in [2.75, 3.05) is 25.6 Å². The second kappa shape index (κ2) is 11.4. The number of carbonyl (C=O) groups excluding carboxylic acids is 4. The lowest BCUT2D eigenvalue weighted by molar-refractivity contribution is -0.126. The second-order valence-electron chi connectivity index (χ2n) is 7.35. The lowest BCUT2D eigenvalue weighted by atomic mass is 9.98. The first kappa shape index (κ1) is 24.2. The number of ketones is 1. The number of benzene rings is 3. The van der Waals surface area contributed by atoms with Crippen LogP contribution in [0.1, 0.15) is 31.8 Å². The number of amides is 2. The number of ether oxygens (including phenoxy) is 2. The van der Waals surface area contributed by atoms with Gasteiger partial charge in [-0.1, -0.05) is 54.6 Å². The van der Waals surface area contributed by atoms with Crippen LogP contribution in [-0.4, -0.2) is 43.8 Å². The minimum Gasteiger partial charge on any atom is -0.495 e. The van der Waals surface area contributed by atoms with Crippen LogP contribution in [0.3, 0.4) is 0 Å². The largest absolute Gasteiger partial charge is 0.495 e. The number of methoxy groups -OCH3 is 1. The first-order chi connectivity index (χ1) is 16.4. The highest BCUT2D eigenvalue weighted by Gasteiger charge is 2.20. The SMILES string of the molecule is COc1ccc(C)cc1NC(=O)CNC(=O)COC(=O)c1ccccc1C(=O)c1ccccc1. The Labute approximate surface area is 196 Å². The van der Waals surface area contributed by atoms with Gasteiger partial charge in [-0.25, -0.2) is 4.79 Å². The van der Waals surface area contributed by atoms with Crippen LogP contribution in [0.2, 0.25) is 0 Å². The van der Waals surface area contributed by atoms with Crippen molar-refractivity contribution < 1.29 is 28.7 Å². The van der Waals surface area contributed by atoms with Crippen LogP contribution in [-0.2, 0) is 14.3 Å². The predicted molar refractivity (Wildman–Crippen MR) is 126 cm³/mol. The molecule has 8 heteroatoms. The Morgan fingerprint density at radius 2 is 1.50 bits per heavy atom. The van der Waals surface area contributed by atoms with Gasteiger partial charge in [0.1, 0.15) is 5.75 Å². The van der Waals surface area contributed by atoms with Gasteiger partial charge < -0.3 is 20.1 Å². The molecule has 0 saturated carbocycles. The summed E-state index contributed by atoms with van der Waals surface area (Å²) in [6.07, 6.45) is 0. The number of carbonyl (C=O) groups is 4. The van der Waals surface area contributed by atoms with Crippen LogP contribution >= 0.6 is 0 Å². The van der Waals surface area contributed by atoms with Crippen molar-refractivity contribution in [1.82, 2.24) is 5.32 Å². The molecule has 0 fully saturated rings. The molecule has 3 aromatic rings. The third-order valence-electron chi connectivity index (χ3n) is 4.84. The molecular formula is C26H24N2O6. The first-order valence-corrected chi connectivity index (χ1v) is 10.5. The number of nitrogens with one attached hydrogen (secondary N) is 2. The molecule has 0 radical (unpaired) electrons. The van der Waals surface area contributed by atoms with Crippen molar-refractivity contribution in [2.45, 2.75) is 6.92 Å². The average molecular weight is 460 g/mol. The molecule has 0 saturated heterocycles. The fraction of sp³-hybridized carbons (Fsp3) is 0.154. The van der Waals surface area contributed by atoms with Gasteiger partial charge in [0.15, 0.2) is 12.4 Å². The number of aryl methyl sites for hydroxylation is 1. The molecule has 2 amide bonds. The Morgan fingerprint density at radius 3 is 2.21 bits per heavy atom. The van der Waals surface area contributed by atoms with Gasteiger partial charge in [-0.2, -0.15) is 0 Å². The van der Waals surface area contributed by atoms with Crippen molar-refractivity contribution >= 4 is 29.3 Å². The maximum absolute atomic E-state index is 12.8. The molecule has 0 heterocycles. The minimum absolute atomic E-state index is 0.0495. The van der Waals surface area contributed by atoms with E-state index in [0.717, 1.165) is 5.56 Å². The van der Waals surface area contributed by atoms with Gasteiger partial charge in [0.2, 0.25) is 5.91 Å². The molecule has 0 atom stereocenters.